The molecule has 1 saturated carbocycles. The van der Waals surface area contributed by atoms with Crippen molar-refractivity contribution in [3.05, 3.63) is 52.5 Å². The summed E-state index contributed by atoms with van der Waals surface area (Å²) in [6, 6.07) is 11.6. The number of carbonyl (C=O) groups is 2. The number of nitrogens with zero attached hydrogens (tertiary/aromatic N) is 4. The number of likely N-dealkylation sites (N-methyl/N-ethyl adjacent to an activating group) is 1. The summed E-state index contributed by atoms with van der Waals surface area (Å²) in [5, 5.41) is 14.3. The van der Waals surface area contributed by atoms with Crippen LogP contribution in [-0.2, 0) is 16.0 Å². The van der Waals surface area contributed by atoms with E-state index < -0.39 is 0 Å². The maximum atomic E-state index is 12.6. The molecule has 0 unspecified atom stereocenters. The van der Waals surface area contributed by atoms with Gasteiger partial charge in [0, 0.05) is 36.1 Å². The Bertz CT molecular complexity index is 1080. The monoisotopic (exact) mass is 471 g/mol. The number of thiophene rings is 1. The van der Waals surface area contributed by atoms with Gasteiger partial charge in [-0.2, -0.15) is 0 Å². The van der Waals surface area contributed by atoms with Gasteiger partial charge in [-0.3, -0.25) is 9.59 Å². The number of anilines is 1. The van der Waals surface area contributed by atoms with E-state index in [0.29, 0.717) is 17.5 Å². The van der Waals surface area contributed by atoms with Crippen LogP contribution in [0.15, 0.2) is 46.9 Å². The quantitative estimate of drug-likeness (QED) is 0.456. The van der Waals surface area contributed by atoms with Crippen LogP contribution in [0.1, 0.15) is 29.6 Å². The van der Waals surface area contributed by atoms with Crippen molar-refractivity contribution >= 4 is 40.6 Å². The molecule has 2 amide bonds. The molecule has 0 radical (unpaired) electrons. The fraction of sp³-hybridized carbons (Fsp3) is 0.364. The summed E-state index contributed by atoms with van der Waals surface area (Å²) in [7, 11) is 3.20. The number of aromatic nitrogens is 3. The number of thioether (sulfide) groups is 1. The molecule has 0 saturated heterocycles. The number of ether oxygens (including phenoxy) is 1. The maximum absolute atomic E-state index is 12.6. The number of amides is 2. The van der Waals surface area contributed by atoms with E-state index in [1.165, 1.54) is 21.5 Å². The molecule has 0 spiro atoms. The topological polar surface area (TPSA) is 89.3 Å². The van der Waals surface area contributed by atoms with Gasteiger partial charge >= 0.3 is 0 Å². The molecule has 3 aromatic rings. The molecule has 1 N–H and O–H groups in total. The third kappa shape index (κ3) is 5.68. The molecule has 10 heteroatoms. The van der Waals surface area contributed by atoms with Crippen LogP contribution in [0.25, 0.3) is 0 Å². The fourth-order valence-corrected chi connectivity index (χ4v) is 4.90. The highest BCUT2D eigenvalue weighted by Gasteiger charge is 2.30. The van der Waals surface area contributed by atoms with Crippen LogP contribution in [0.2, 0.25) is 0 Å². The molecule has 168 valence electrons. The SMILES string of the molecule is COc1cccc(NC(=O)CN(C)C(=O)CSc2nnc(Cc3cccs3)n2C2CC2)c1. The van der Waals surface area contributed by atoms with Gasteiger partial charge in [-0.05, 0) is 36.4 Å². The Kier molecular flexibility index (Phi) is 7.11. The summed E-state index contributed by atoms with van der Waals surface area (Å²) in [6.45, 7) is -0.0322. The zero-order valence-corrected chi connectivity index (χ0v) is 19.6. The molecule has 1 aliphatic carbocycles. The smallest absolute Gasteiger partial charge is 0.243 e. The second-order valence-electron chi connectivity index (χ2n) is 7.57. The number of nitrogens with one attached hydrogen (secondary N) is 1. The van der Waals surface area contributed by atoms with E-state index in [4.69, 9.17) is 4.74 Å². The van der Waals surface area contributed by atoms with Crippen LogP contribution in [0, 0.1) is 0 Å². The van der Waals surface area contributed by atoms with Gasteiger partial charge in [-0.15, -0.1) is 21.5 Å². The first kappa shape index (κ1) is 22.3. The first-order chi connectivity index (χ1) is 15.5. The number of benzene rings is 1. The predicted octanol–water partition coefficient (Wildman–Crippen LogP) is 3.46. The van der Waals surface area contributed by atoms with Crippen LogP contribution in [-0.4, -0.2) is 57.9 Å². The van der Waals surface area contributed by atoms with Crippen molar-refractivity contribution in [3.63, 3.8) is 0 Å². The summed E-state index contributed by atoms with van der Waals surface area (Å²) in [6.07, 6.45) is 2.97. The molecule has 1 fully saturated rings. The molecule has 2 aromatic heterocycles. The fourth-order valence-electron chi connectivity index (χ4n) is 3.24. The average Bonchev–Trinajstić information content (AvgIpc) is 3.33. The van der Waals surface area contributed by atoms with Crippen molar-refractivity contribution in [2.45, 2.75) is 30.5 Å². The van der Waals surface area contributed by atoms with Crippen molar-refractivity contribution in [1.82, 2.24) is 19.7 Å². The Labute approximate surface area is 195 Å². The molecule has 32 heavy (non-hydrogen) atoms. The molecule has 4 rings (SSSR count). The molecule has 8 nitrogen and oxygen atoms in total. The first-order valence-corrected chi connectivity index (χ1v) is 12.2. The number of methoxy groups -OCH3 is 1. The van der Waals surface area contributed by atoms with Gasteiger partial charge in [0.15, 0.2) is 5.16 Å². The molecule has 1 aliphatic rings. The lowest BCUT2D eigenvalue weighted by atomic mass is 10.3. The van der Waals surface area contributed by atoms with Gasteiger partial charge in [0.2, 0.25) is 11.8 Å². The summed E-state index contributed by atoms with van der Waals surface area (Å²) < 4.78 is 7.33. The standard InChI is InChI=1S/C22H25N5O3S2/c1-26(13-20(28)23-15-5-3-6-17(11-15)30-2)21(29)14-32-22-25-24-19(27(22)16-8-9-16)12-18-7-4-10-31-18/h3-7,10-11,16H,8-9,12-14H2,1-2H3,(H,23,28). The van der Waals surface area contributed by atoms with E-state index in [9.17, 15) is 9.59 Å². The molecule has 0 bridgehead atoms. The van der Waals surface area contributed by atoms with Crippen LogP contribution in [0.4, 0.5) is 5.69 Å². The van der Waals surface area contributed by atoms with Crippen molar-refractivity contribution in [2.75, 3.05) is 31.8 Å². The van der Waals surface area contributed by atoms with E-state index >= 15 is 0 Å². The molecular weight excluding hydrogens is 446 g/mol. The van der Waals surface area contributed by atoms with E-state index in [1.54, 1.807) is 49.8 Å². The van der Waals surface area contributed by atoms with Crippen LogP contribution in [0.3, 0.4) is 0 Å². The highest BCUT2D eigenvalue weighted by molar-refractivity contribution is 7.99. The highest BCUT2D eigenvalue weighted by atomic mass is 32.2. The van der Waals surface area contributed by atoms with Crippen molar-refractivity contribution < 1.29 is 14.3 Å². The molecule has 1 aromatic carbocycles. The van der Waals surface area contributed by atoms with E-state index in [-0.39, 0.29) is 24.1 Å². The Balaban J connectivity index is 1.31. The van der Waals surface area contributed by atoms with Crippen molar-refractivity contribution in [3.8, 4) is 5.75 Å². The summed E-state index contributed by atoms with van der Waals surface area (Å²) in [4.78, 5) is 27.6. The lowest BCUT2D eigenvalue weighted by molar-refractivity contribution is -0.131. The summed E-state index contributed by atoms with van der Waals surface area (Å²) >= 11 is 3.08. The van der Waals surface area contributed by atoms with Gasteiger partial charge in [0.1, 0.15) is 11.6 Å². The zero-order chi connectivity index (χ0) is 22.5. The molecule has 2 heterocycles. The maximum Gasteiger partial charge on any atom is 0.243 e. The third-order valence-electron chi connectivity index (χ3n) is 5.04. The highest BCUT2D eigenvalue weighted by Crippen LogP contribution is 2.39. The summed E-state index contributed by atoms with van der Waals surface area (Å²) in [5.74, 6) is 1.39. The summed E-state index contributed by atoms with van der Waals surface area (Å²) in [5.41, 5.74) is 0.625. The first-order valence-electron chi connectivity index (χ1n) is 10.3. The van der Waals surface area contributed by atoms with E-state index in [1.807, 2.05) is 6.07 Å². The van der Waals surface area contributed by atoms with Gasteiger partial charge < -0.3 is 19.5 Å². The number of carbonyl (C=O) groups excluding carboxylic acids is 2. The minimum absolute atomic E-state index is 0.0322. The molecular formula is C22H25N5O3S2. The van der Waals surface area contributed by atoms with Gasteiger partial charge in [0.05, 0.1) is 19.4 Å². The second kappa shape index (κ2) is 10.2. The van der Waals surface area contributed by atoms with E-state index in [2.05, 4.69) is 31.5 Å². The minimum Gasteiger partial charge on any atom is -0.497 e. The lowest BCUT2D eigenvalue weighted by Gasteiger charge is -2.17. The van der Waals surface area contributed by atoms with Gasteiger partial charge in [-0.1, -0.05) is 23.9 Å². The van der Waals surface area contributed by atoms with E-state index in [0.717, 1.165) is 30.2 Å². The van der Waals surface area contributed by atoms with Crippen molar-refractivity contribution in [1.29, 1.82) is 0 Å². The number of hydrogen-bond donors (Lipinski definition) is 1. The Hall–Kier alpha value is -2.85. The third-order valence-corrected chi connectivity index (χ3v) is 6.85. The van der Waals surface area contributed by atoms with Gasteiger partial charge in [0.25, 0.3) is 0 Å². The second-order valence-corrected chi connectivity index (χ2v) is 9.55. The average molecular weight is 472 g/mol. The van der Waals surface area contributed by atoms with Gasteiger partial charge in [-0.25, -0.2) is 0 Å². The van der Waals surface area contributed by atoms with Crippen LogP contribution >= 0.6 is 23.1 Å². The van der Waals surface area contributed by atoms with Crippen LogP contribution < -0.4 is 10.1 Å². The van der Waals surface area contributed by atoms with Crippen LogP contribution in [0.5, 0.6) is 5.75 Å². The Morgan fingerprint density at radius 3 is 2.84 bits per heavy atom. The number of rotatable bonds is 10. The molecule has 0 aliphatic heterocycles. The Morgan fingerprint density at radius 1 is 1.28 bits per heavy atom. The minimum atomic E-state index is -0.265. The number of hydrogen-bond acceptors (Lipinski definition) is 7. The lowest BCUT2D eigenvalue weighted by Crippen LogP contribution is -2.36. The normalized spacial score (nSPS) is 13.1. The largest absolute Gasteiger partial charge is 0.497 e. The van der Waals surface area contributed by atoms with Crippen molar-refractivity contribution in [2.24, 2.45) is 0 Å². The Morgan fingerprint density at radius 2 is 2.12 bits per heavy atom. The zero-order valence-electron chi connectivity index (χ0n) is 18.0. The molecule has 0 atom stereocenters. The predicted molar refractivity (Wildman–Crippen MR) is 125 cm³/mol.